The summed E-state index contributed by atoms with van der Waals surface area (Å²) in [5, 5.41) is 0. The highest BCUT2D eigenvalue weighted by atomic mass is 16.5. The summed E-state index contributed by atoms with van der Waals surface area (Å²) in [6.45, 7) is 7.51. The largest absolute Gasteiger partial charge is 0.493 e. The first-order valence-electron chi connectivity index (χ1n) is 11.0. The van der Waals surface area contributed by atoms with Crippen LogP contribution in [0.2, 0.25) is 0 Å². The van der Waals surface area contributed by atoms with Gasteiger partial charge in [0.1, 0.15) is 11.5 Å². The van der Waals surface area contributed by atoms with Gasteiger partial charge in [-0.1, -0.05) is 43.9 Å². The molecule has 3 heteroatoms. The zero-order valence-corrected chi connectivity index (χ0v) is 18.1. The van der Waals surface area contributed by atoms with Gasteiger partial charge in [0, 0.05) is 12.0 Å². The molecule has 156 valence electrons. The number of aryl methyl sites for hydroxylation is 1. The van der Waals surface area contributed by atoms with Gasteiger partial charge in [0.2, 0.25) is 0 Å². The maximum absolute atomic E-state index is 12.7. The fraction of sp³-hybridized carbons (Fsp3) is 0.500. The summed E-state index contributed by atoms with van der Waals surface area (Å²) < 4.78 is 11.8. The second-order valence-electron chi connectivity index (χ2n) is 8.31. The Balaban J connectivity index is 1.44. The van der Waals surface area contributed by atoms with Crippen LogP contribution in [0.1, 0.15) is 72.0 Å². The molecule has 0 spiro atoms. The lowest BCUT2D eigenvalue weighted by atomic mass is 9.92. The van der Waals surface area contributed by atoms with Crippen LogP contribution in [0.15, 0.2) is 36.4 Å². The van der Waals surface area contributed by atoms with E-state index in [1.807, 2.05) is 37.3 Å². The van der Waals surface area contributed by atoms with E-state index < -0.39 is 0 Å². The molecule has 2 aromatic carbocycles. The van der Waals surface area contributed by atoms with Crippen molar-refractivity contribution in [3.8, 4) is 11.5 Å². The van der Waals surface area contributed by atoms with Crippen molar-refractivity contribution in [3.05, 3.63) is 58.7 Å². The molecule has 0 radical (unpaired) electrons. The summed E-state index contributed by atoms with van der Waals surface area (Å²) in [5.74, 6) is 2.72. The molecule has 0 atom stereocenters. The highest BCUT2D eigenvalue weighted by Gasteiger charge is 2.21. The van der Waals surface area contributed by atoms with Crippen molar-refractivity contribution in [3.63, 3.8) is 0 Å². The van der Waals surface area contributed by atoms with Crippen molar-refractivity contribution in [2.24, 2.45) is 5.92 Å². The molecule has 29 heavy (non-hydrogen) atoms. The fourth-order valence-corrected chi connectivity index (χ4v) is 4.13. The molecule has 0 heterocycles. The second kappa shape index (κ2) is 10.5. The van der Waals surface area contributed by atoms with E-state index in [1.165, 1.54) is 25.7 Å². The van der Waals surface area contributed by atoms with E-state index in [9.17, 15) is 4.79 Å². The number of rotatable bonds is 10. The number of Topliss-reactive ketones (excluding diaryl/α,β-unsaturated/α-hetero) is 1. The van der Waals surface area contributed by atoms with E-state index in [4.69, 9.17) is 9.47 Å². The van der Waals surface area contributed by atoms with Crippen molar-refractivity contribution in [1.82, 2.24) is 0 Å². The van der Waals surface area contributed by atoms with Crippen molar-refractivity contribution < 1.29 is 14.3 Å². The van der Waals surface area contributed by atoms with Gasteiger partial charge in [-0.15, -0.1) is 0 Å². The molecule has 1 aliphatic carbocycles. The molecule has 0 saturated heterocycles. The zero-order chi connectivity index (χ0) is 20.6. The fourth-order valence-electron chi connectivity index (χ4n) is 4.13. The maximum atomic E-state index is 12.7. The van der Waals surface area contributed by atoms with E-state index in [1.54, 1.807) is 0 Å². The third kappa shape index (κ3) is 5.85. The molecule has 3 nitrogen and oxygen atoms in total. The Kier molecular flexibility index (Phi) is 7.74. The molecule has 0 aromatic heterocycles. The number of carbonyl (C=O) groups is 1. The molecule has 0 aliphatic heterocycles. The second-order valence-corrected chi connectivity index (χ2v) is 8.31. The Morgan fingerprint density at radius 1 is 0.862 bits per heavy atom. The standard InChI is InChI=1S/C26H34O3/c1-19-10-4-7-13-25(19)28-16-8-9-17-29-26-15-14-23(20(2)21(26)3)24(27)18-22-11-5-6-12-22/h4,7,10,13-15,22H,5-6,8-9,11-12,16-18H2,1-3H3. The van der Waals surface area contributed by atoms with Crippen LogP contribution in [0.4, 0.5) is 0 Å². The molecule has 1 fully saturated rings. The Morgan fingerprint density at radius 3 is 2.21 bits per heavy atom. The average molecular weight is 395 g/mol. The van der Waals surface area contributed by atoms with E-state index in [0.29, 0.717) is 25.6 Å². The summed E-state index contributed by atoms with van der Waals surface area (Å²) in [5.41, 5.74) is 4.18. The molecular weight excluding hydrogens is 360 g/mol. The van der Waals surface area contributed by atoms with Crippen molar-refractivity contribution in [1.29, 1.82) is 0 Å². The number of carbonyl (C=O) groups excluding carboxylic acids is 1. The minimum atomic E-state index is 0.289. The number of hydrogen-bond donors (Lipinski definition) is 0. The van der Waals surface area contributed by atoms with Crippen molar-refractivity contribution in [2.45, 2.75) is 65.7 Å². The van der Waals surface area contributed by atoms with Crippen LogP contribution in [0.25, 0.3) is 0 Å². The SMILES string of the molecule is Cc1ccccc1OCCCCOc1ccc(C(=O)CC2CCCC2)c(C)c1C. The topological polar surface area (TPSA) is 35.5 Å². The third-order valence-electron chi connectivity index (χ3n) is 6.13. The molecule has 0 amide bonds. The van der Waals surface area contributed by atoms with Gasteiger partial charge >= 0.3 is 0 Å². The number of hydrogen-bond acceptors (Lipinski definition) is 3. The average Bonchev–Trinajstić information content (AvgIpc) is 3.22. The molecule has 3 rings (SSSR count). The van der Waals surface area contributed by atoms with E-state index >= 15 is 0 Å². The monoisotopic (exact) mass is 394 g/mol. The quantitative estimate of drug-likeness (QED) is 0.336. The number of ether oxygens (including phenoxy) is 2. The maximum Gasteiger partial charge on any atom is 0.163 e. The molecule has 1 saturated carbocycles. The highest BCUT2D eigenvalue weighted by Crippen LogP contribution is 2.31. The summed E-state index contributed by atoms with van der Waals surface area (Å²) in [7, 11) is 0. The van der Waals surface area contributed by atoms with Gasteiger partial charge in [-0.2, -0.15) is 0 Å². The van der Waals surface area contributed by atoms with Gasteiger partial charge in [-0.25, -0.2) is 0 Å². The van der Waals surface area contributed by atoms with Crippen LogP contribution >= 0.6 is 0 Å². The smallest absolute Gasteiger partial charge is 0.163 e. The van der Waals surface area contributed by atoms with Gasteiger partial charge in [0.15, 0.2) is 5.78 Å². The van der Waals surface area contributed by atoms with Crippen LogP contribution in [0.5, 0.6) is 11.5 Å². The number of ketones is 1. The van der Waals surface area contributed by atoms with Gasteiger partial charge < -0.3 is 9.47 Å². The Bertz CT molecular complexity index is 819. The lowest BCUT2D eigenvalue weighted by molar-refractivity contribution is 0.0961. The molecular formula is C26H34O3. The van der Waals surface area contributed by atoms with Crippen LogP contribution in [-0.4, -0.2) is 19.0 Å². The Morgan fingerprint density at radius 2 is 1.52 bits per heavy atom. The zero-order valence-electron chi connectivity index (χ0n) is 18.1. The molecule has 0 bridgehead atoms. The minimum Gasteiger partial charge on any atom is -0.493 e. The third-order valence-corrected chi connectivity index (χ3v) is 6.13. The predicted molar refractivity (Wildman–Crippen MR) is 118 cm³/mol. The van der Waals surface area contributed by atoms with E-state index in [-0.39, 0.29) is 5.78 Å². The summed E-state index contributed by atoms with van der Waals surface area (Å²) in [4.78, 5) is 12.7. The molecule has 2 aromatic rings. The highest BCUT2D eigenvalue weighted by molar-refractivity contribution is 5.98. The predicted octanol–water partition coefficient (Wildman–Crippen LogP) is 6.61. The lowest BCUT2D eigenvalue weighted by Crippen LogP contribution is -2.09. The Labute approximate surface area is 175 Å². The first kappa shape index (κ1) is 21.4. The minimum absolute atomic E-state index is 0.289. The van der Waals surface area contributed by atoms with Crippen LogP contribution < -0.4 is 9.47 Å². The van der Waals surface area contributed by atoms with Crippen LogP contribution in [-0.2, 0) is 0 Å². The first-order valence-corrected chi connectivity index (χ1v) is 11.0. The van der Waals surface area contributed by atoms with Gasteiger partial charge in [0.05, 0.1) is 13.2 Å². The lowest BCUT2D eigenvalue weighted by Gasteiger charge is -2.15. The molecule has 0 unspecified atom stereocenters. The van der Waals surface area contributed by atoms with Crippen LogP contribution in [0.3, 0.4) is 0 Å². The molecule has 0 N–H and O–H groups in total. The normalized spacial score (nSPS) is 14.2. The van der Waals surface area contributed by atoms with Crippen molar-refractivity contribution >= 4 is 5.78 Å². The van der Waals surface area contributed by atoms with Gasteiger partial charge in [-0.05, 0) is 74.4 Å². The number of unbranched alkanes of at least 4 members (excludes halogenated alkanes) is 1. The number of benzene rings is 2. The Hall–Kier alpha value is -2.29. The first-order chi connectivity index (χ1) is 14.1. The number of para-hydroxylation sites is 1. The van der Waals surface area contributed by atoms with E-state index in [2.05, 4.69) is 19.9 Å². The van der Waals surface area contributed by atoms with Crippen LogP contribution in [0, 0.1) is 26.7 Å². The summed E-state index contributed by atoms with van der Waals surface area (Å²) >= 11 is 0. The summed E-state index contributed by atoms with van der Waals surface area (Å²) in [6.07, 6.45) is 7.55. The van der Waals surface area contributed by atoms with Crippen molar-refractivity contribution in [2.75, 3.05) is 13.2 Å². The molecule has 1 aliphatic rings. The van der Waals surface area contributed by atoms with Gasteiger partial charge in [-0.3, -0.25) is 4.79 Å². The summed E-state index contributed by atoms with van der Waals surface area (Å²) in [6, 6.07) is 12.0. The van der Waals surface area contributed by atoms with Gasteiger partial charge in [0.25, 0.3) is 0 Å². The van der Waals surface area contributed by atoms with E-state index in [0.717, 1.165) is 46.6 Å².